The lowest BCUT2D eigenvalue weighted by Crippen LogP contribution is -2.44. The van der Waals surface area contributed by atoms with E-state index in [4.69, 9.17) is 4.74 Å². The Bertz CT molecular complexity index is 412. The van der Waals surface area contributed by atoms with Gasteiger partial charge in [0, 0.05) is 32.5 Å². The van der Waals surface area contributed by atoms with Crippen molar-refractivity contribution in [2.75, 3.05) is 26.2 Å². The van der Waals surface area contributed by atoms with E-state index < -0.39 is 12.0 Å². The predicted molar refractivity (Wildman–Crippen MR) is 73.3 cm³/mol. The number of rotatable bonds is 5. The molecule has 1 heterocycles. The SMILES string of the molecule is Cc1ccc(OC[C@@H](O)CN2CCC(F)(F)CC2)cc1. The van der Waals surface area contributed by atoms with Crippen molar-refractivity contribution in [3.8, 4) is 5.75 Å². The second-order valence-electron chi connectivity index (χ2n) is 5.43. The number of ether oxygens (including phenoxy) is 1. The topological polar surface area (TPSA) is 32.7 Å². The van der Waals surface area contributed by atoms with Crippen LogP contribution in [0.3, 0.4) is 0 Å². The van der Waals surface area contributed by atoms with Crippen LogP contribution in [0.5, 0.6) is 5.75 Å². The molecule has 1 saturated heterocycles. The van der Waals surface area contributed by atoms with Crippen LogP contribution in [0, 0.1) is 6.92 Å². The van der Waals surface area contributed by atoms with E-state index in [2.05, 4.69) is 0 Å². The second-order valence-corrected chi connectivity index (χ2v) is 5.43. The zero-order chi connectivity index (χ0) is 14.6. The van der Waals surface area contributed by atoms with Crippen LogP contribution in [0.2, 0.25) is 0 Å². The summed E-state index contributed by atoms with van der Waals surface area (Å²) in [5, 5.41) is 9.89. The molecular weight excluding hydrogens is 264 g/mol. The normalized spacial score (nSPS) is 20.6. The Morgan fingerprint density at radius 1 is 1.25 bits per heavy atom. The average Bonchev–Trinajstić information content (AvgIpc) is 2.41. The zero-order valence-corrected chi connectivity index (χ0v) is 11.7. The van der Waals surface area contributed by atoms with Crippen molar-refractivity contribution in [1.82, 2.24) is 4.90 Å². The number of aliphatic hydroxyl groups excluding tert-OH is 1. The fourth-order valence-corrected chi connectivity index (χ4v) is 2.24. The minimum Gasteiger partial charge on any atom is -0.491 e. The summed E-state index contributed by atoms with van der Waals surface area (Å²) in [4.78, 5) is 1.86. The van der Waals surface area contributed by atoms with E-state index >= 15 is 0 Å². The molecule has 1 aromatic carbocycles. The molecule has 0 aromatic heterocycles. The van der Waals surface area contributed by atoms with Crippen molar-refractivity contribution in [3.63, 3.8) is 0 Å². The van der Waals surface area contributed by atoms with Crippen molar-refractivity contribution in [2.45, 2.75) is 31.8 Å². The molecule has 112 valence electrons. The van der Waals surface area contributed by atoms with Crippen molar-refractivity contribution in [3.05, 3.63) is 29.8 Å². The molecule has 0 aliphatic carbocycles. The molecule has 0 unspecified atom stereocenters. The monoisotopic (exact) mass is 285 g/mol. The molecule has 1 aromatic rings. The molecule has 2 rings (SSSR count). The van der Waals surface area contributed by atoms with Gasteiger partial charge in [-0.15, -0.1) is 0 Å². The first kappa shape index (κ1) is 15.2. The van der Waals surface area contributed by atoms with Crippen LogP contribution < -0.4 is 4.74 Å². The standard InChI is InChI=1S/C15H21F2NO2/c1-12-2-4-14(5-3-12)20-11-13(19)10-18-8-6-15(16,17)7-9-18/h2-5,13,19H,6-11H2,1H3/t13-/m0/s1. The van der Waals surface area contributed by atoms with Gasteiger partial charge in [-0.05, 0) is 19.1 Å². The van der Waals surface area contributed by atoms with Crippen molar-refractivity contribution in [1.29, 1.82) is 0 Å². The van der Waals surface area contributed by atoms with Gasteiger partial charge in [0.2, 0.25) is 0 Å². The first-order valence-corrected chi connectivity index (χ1v) is 6.92. The van der Waals surface area contributed by atoms with Gasteiger partial charge in [-0.25, -0.2) is 8.78 Å². The quantitative estimate of drug-likeness (QED) is 0.902. The van der Waals surface area contributed by atoms with E-state index in [9.17, 15) is 13.9 Å². The number of aryl methyl sites for hydroxylation is 1. The Hall–Kier alpha value is -1.20. The van der Waals surface area contributed by atoms with Gasteiger partial charge in [-0.2, -0.15) is 0 Å². The third-order valence-electron chi connectivity index (χ3n) is 3.52. The Kier molecular flexibility index (Phi) is 4.94. The fourth-order valence-electron chi connectivity index (χ4n) is 2.24. The van der Waals surface area contributed by atoms with Crippen LogP contribution >= 0.6 is 0 Å². The summed E-state index contributed by atoms with van der Waals surface area (Å²) in [7, 11) is 0. The molecule has 0 saturated carbocycles. The first-order chi connectivity index (χ1) is 9.44. The number of nitrogens with zero attached hydrogens (tertiary/aromatic N) is 1. The van der Waals surface area contributed by atoms with Crippen LogP contribution in [0.25, 0.3) is 0 Å². The number of β-amino-alcohol motifs (C(OH)–C–C–N with tert-alkyl or cyclic N) is 1. The first-order valence-electron chi connectivity index (χ1n) is 6.92. The van der Waals surface area contributed by atoms with E-state index in [-0.39, 0.29) is 19.4 Å². The molecule has 3 nitrogen and oxygen atoms in total. The Morgan fingerprint density at radius 3 is 2.45 bits per heavy atom. The molecule has 1 aliphatic heterocycles. The number of benzene rings is 1. The van der Waals surface area contributed by atoms with Crippen LogP contribution in [0.1, 0.15) is 18.4 Å². The van der Waals surface area contributed by atoms with E-state index in [1.807, 2.05) is 36.1 Å². The number of likely N-dealkylation sites (tertiary alicyclic amines) is 1. The Morgan fingerprint density at radius 2 is 1.85 bits per heavy atom. The third kappa shape index (κ3) is 4.72. The molecule has 5 heteroatoms. The largest absolute Gasteiger partial charge is 0.491 e. The molecule has 0 bridgehead atoms. The highest BCUT2D eigenvalue weighted by Crippen LogP contribution is 2.27. The van der Waals surface area contributed by atoms with E-state index in [0.717, 1.165) is 5.56 Å². The molecule has 1 atom stereocenters. The minimum absolute atomic E-state index is 0.126. The Balaban J connectivity index is 1.70. The molecule has 1 aliphatic rings. The van der Waals surface area contributed by atoms with Crippen LogP contribution in [-0.2, 0) is 0 Å². The summed E-state index contributed by atoms with van der Waals surface area (Å²) in [6, 6.07) is 7.58. The highest BCUT2D eigenvalue weighted by Gasteiger charge is 2.34. The Labute approximate surface area is 118 Å². The summed E-state index contributed by atoms with van der Waals surface area (Å²) in [5.41, 5.74) is 1.15. The van der Waals surface area contributed by atoms with Gasteiger partial charge in [0.15, 0.2) is 0 Å². The van der Waals surface area contributed by atoms with E-state index in [1.54, 1.807) is 0 Å². The van der Waals surface area contributed by atoms with Crippen molar-refractivity contribution in [2.24, 2.45) is 0 Å². The molecule has 20 heavy (non-hydrogen) atoms. The lowest BCUT2D eigenvalue weighted by Gasteiger charge is -2.32. The number of alkyl halides is 2. The number of aliphatic hydroxyl groups is 1. The summed E-state index contributed by atoms with van der Waals surface area (Å²) in [6.45, 7) is 3.20. The van der Waals surface area contributed by atoms with Gasteiger partial charge in [-0.1, -0.05) is 17.7 Å². The summed E-state index contributed by atoms with van der Waals surface area (Å²) in [6.07, 6.45) is -0.917. The van der Waals surface area contributed by atoms with Crippen molar-refractivity contribution >= 4 is 0 Å². The van der Waals surface area contributed by atoms with Gasteiger partial charge in [0.05, 0.1) is 0 Å². The average molecular weight is 285 g/mol. The maximum atomic E-state index is 13.0. The number of halogens is 2. The lowest BCUT2D eigenvalue weighted by molar-refractivity contribution is -0.0628. The number of piperidine rings is 1. The molecule has 0 radical (unpaired) electrons. The molecule has 1 fully saturated rings. The van der Waals surface area contributed by atoms with Gasteiger partial charge in [-0.3, -0.25) is 0 Å². The summed E-state index contributed by atoms with van der Waals surface area (Å²) >= 11 is 0. The maximum absolute atomic E-state index is 13.0. The third-order valence-corrected chi connectivity index (χ3v) is 3.52. The van der Waals surface area contributed by atoms with Gasteiger partial charge in [0.1, 0.15) is 18.5 Å². The van der Waals surface area contributed by atoms with Gasteiger partial charge in [0.25, 0.3) is 5.92 Å². The fraction of sp³-hybridized carbons (Fsp3) is 0.600. The number of hydrogen-bond donors (Lipinski definition) is 1. The van der Waals surface area contributed by atoms with Crippen molar-refractivity contribution < 1.29 is 18.6 Å². The molecule has 0 spiro atoms. The minimum atomic E-state index is -2.54. The smallest absolute Gasteiger partial charge is 0.250 e. The van der Waals surface area contributed by atoms with Crippen LogP contribution in [-0.4, -0.2) is 48.3 Å². The van der Waals surface area contributed by atoms with Gasteiger partial charge < -0.3 is 14.7 Å². The van der Waals surface area contributed by atoms with Crippen LogP contribution in [0.15, 0.2) is 24.3 Å². The molecular formula is C15H21F2NO2. The molecule has 0 amide bonds. The predicted octanol–water partition coefficient (Wildman–Crippen LogP) is 2.47. The zero-order valence-electron chi connectivity index (χ0n) is 11.7. The van der Waals surface area contributed by atoms with Gasteiger partial charge >= 0.3 is 0 Å². The lowest BCUT2D eigenvalue weighted by atomic mass is 10.1. The van der Waals surface area contributed by atoms with Crippen LogP contribution in [0.4, 0.5) is 8.78 Å². The maximum Gasteiger partial charge on any atom is 0.250 e. The summed E-state index contributed by atoms with van der Waals surface area (Å²) < 4.78 is 31.5. The van der Waals surface area contributed by atoms with E-state index in [1.165, 1.54) is 0 Å². The number of hydrogen-bond acceptors (Lipinski definition) is 3. The van der Waals surface area contributed by atoms with E-state index in [0.29, 0.717) is 25.4 Å². The second kappa shape index (κ2) is 6.50. The summed E-state index contributed by atoms with van der Waals surface area (Å²) in [5.74, 6) is -1.83. The molecule has 1 N–H and O–H groups in total. The highest BCUT2D eigenvalue weighted by atomic mass is 19.3. The highest BCUT2D eigenvalue weighted by molar-refractivity contribution is 5.26.